The second-order valence-electron chi connectivity index (χ2n) is 2.42. The van der Waals surface area contributed by atoms with Crippen molar-refractivity contribution in [3.8, 4) is 0 Å². The Morgan fingerprint density at radius 1 is 1.58 bits per heavy atom. The van der Waals surface area contributed by atoms with E-state index < -0.39 is 13.1 Å². The highest BCUT2D eigenvalue weighted by molar-refractivity contribution is 6.43. The molecule has 0 saturated carbocycles. The molecule has 70 valence electrons. The van der Waals surface area contributed by atoms with Crippen LogP contribution in [-0.2, 0) is 0 Å². The van der Waals surface area contributed by atoms with Crippen LogP contribution in [0.1, 0.15) is 12.8 Å². The van der Waals surface area contributed by atoms with Gasteiger partial charge >= 0.3 is 7.12 Å². The van der Waals surface area contributed by atoms with Gasteiger partial charge in [0.05, 0.1) is 6.34 Å². The highest BCUT2D eigenvalue weighted by atomic mass is 16.4. The average Bonchev–Trinajstić information content (AvgIpc) is 2.03. The van der Waals surface area contributed by atoms with Gasteiger partial charge in [-0.2, -0.15) is 0 Å². The highest BCUT2D eigenvalue weighted by Crippen LogP contribution is 1.95. The third kappa shape index (κ3) is 6.11. The Bertz CT molecular complexity index is 133. The number of nitrogens with one attached hydrogen (secondary N) is 1. The first kappa shape index (κ1) is 11.4. The molecule has 0 saturated heterocycles. The van der Waals surface area contributed by atoms with Gasteiger partial charge in [0.1, 0.15) is 0 Å². The molecule has 0 radical (unpaired) electrons. The van der Waals surface area contributed by atoms with E-state index in [1.165, 1.54) is 6.34 Å². The van der Waals surface area contributed by atoms with E-state index >= 15 is 0 Å². The Kier molecular flexibility index (Phi) is 6.68. The fraction of sp³-hybridized carbons (Fsp3) is 0.800. The smallest absolute Gasteiger partial charge is 0.426 e. The predicted octanol–water partition coefficient (Wildman–Crippen LogP) is -2.40. The summed E-state index contributed by atoms with van der Waals surface area (Å²) in [7, 11) is -1.44. The third-order valence-corrected chi connectivity index (χ3v) is 1.37. The van der Waals surface area contributed by atoms with Crippen LogP contribution >= 0.6 is 0 Å². The molecule has 0 amide bonds. The van der Waals surface area contributed by atoms with Crippen molar-refractivity contribution in [2.45, 2.75) is 18.8 Å². The number of hydrogen-bond donors (Lipinski definition) is 5. The Morgan fingerprint density at radius 2 is 2.25 bits per heavy atom. The minimum atomic E-state index is -1.44. The quantitative estimate of drug-likeness (QED) is 0.0768. The lowest BCUT2D eigenvalue weighted by Gasteiger charge is -2.07. The summed E-state index contributed by atoms with van der Waals surface area (Å²) in [6, 6.07) is 0. The summed E-state index contributed by atoms with van der Waals surface area (Å²) in [6.45, 7) is 0.574. The maximum atomic E-state index is 8.58. The van der Waals surface area contributed by atoms with Gasteiger partial charge in [0, 0.05) is 12.5 Å². The monoisotopic (exact) mass is 174 g/mol. The molecular weight excluding hydrogens is 159 g/mol. The lowest BCUT2D eigenvalue weighted by Crippen LogP contribution is -2.38. The van der Waals surface area contributed by atoms with Crippen LogP contribution in [0.5, 0.6) is 0 Å². The standard InChI is InChI=1S/C5H15BN4O2/c7-5(6(11)12)2-1-3-9-4-10-8/h4-5,11-12H,1-3,7-8H2,(H,9,10)/t5-/m0/s1. The second-order valence-corrected chi connectivity index (χ2v) is 2.42. The summed E-state index contributed by atoms with van der Waals surface area (Å²) in [4.78, 5) is 3.84. The van der Waals surface area contributed by atoms with E-state index in [0.717, 1.165) is 0 Å². The Morgan fingerprint density at radius 3 is 2.75 bits per heavy atom. The van der Waals surface area contributed by atoms with Crippen LogP contribution in [0.4, 0.5) is 0 Å². The maximum absolute atomic E-state index is 8.58. The second kappa shape index (κ2) is 7.05. The summed E-state index contributed by atoms with van der Waals surface area (Å²) in [6.07, 6.45) is 2.61. The van der Waals surface area contributed by atoms with Gasteiger partial charge in [0.15, 0.2) is 0 Å². The van der Waals surface area contributed by atoms with Crippen LogP contribution in [0.2, 0.25) is 0 Å². The first-order valence-electron chi connectivity index (χ1n) is 3.74. The minimum absolute atomic E-state index is 0.527. The van der Waals surface area contributed by atoms with Crippen LogP contribution < -0.4 is 17.0 Å². The summed E-state index contributed by atoms with van der Waals surface area (Å²) >= 11 is 0. The van der Waals surface area contributed by atoms with Crippen LogP contribution in [-0.4, -0.2) is 36.0 Å². The largest absolute Gasteiger partial charge is 0.469 e. The van der Waals surface area contributed by atoms with Crippen LogP contribution in [0.3, 0.4) is 0 Å². The summed E-state index contributed by atoms with van der Waals surface area (Å²) < 4.78 is 0. The molecule has 7 heteroatoms. The molecule has 0 fully saturated rings. The van der Waals surface area contributed by atoms with Gasteiger partial charge in [-0.05, 0) is 12.8 Å². The van der Waals surface area contributed by atoms with Crippen molar-refractivity contribution in [3.63, 3.8) is 0 Å². The van der Waals surface area contributed by atoms with E-state index in [-0.39, 0.29) is 0 Å². The number of nitrogens with two attached hydrogens (primary N) is 2. The molecule has 0 bridgehead atoms. The topological polar surface area (TPSA) is 117 Å². The van der Waals surface area contributed by atoms with E-state index in [9.17, 15) is 0 Å². The molecule has 0 aromatic heterocycles. The molecule has 0 aliphatic heterocycles. The fourth-order valence-electron chi connectivity index (χ4n) is 0.685. The van der Waals surface area contributed by atoms with Gasteiger partial charge in [0.2, 0.25) is 0 Å². The number of hydrazine groups is 1. The van der Waals surface area contributed by atoms with E-state index in [4.69, 9.17) is 21.6 Å². The number of nitrogens with zero attached hydrogens (tertiary/aromatic N) is 1. The SMILES string of the molecule is NNC=NCCC[C@H](N)B(O)O. The van der Waals surface area contributed by atoms with Gasteiger partial charge in [0.25, 0.3) is 0 Å². The minimum Gasteiger partial charge on any atom is -0.426 e. The van der Waals surface area contributed by atoms with Gasteiger partial charge < -0.3 is 21.2 Å². The van der Waals surface area contributed by atoms with E-state index in [1.807, 2.05) is 0 Å². The molecule has 6 nitrogen and oxygen atoms in total. The average molecular weight is 174 g/mol. The fourth-order valence-corrected chi connectivity index (χ4v) is 0.685. The van der Waals surface area contributed by atoms with Crippen molar-refractivity contribution in [2.75, 3.05) is 6.54 Å². The molecule has 0 aromatic carbocycles. The molecular formula is C5H15BN4O2. The van der Waals surface area contributed by atoms with E-state index in [0.29, 0.717) is 19.4 Å². The summed E-state index contributed by atoms with van der Waals surface area (Å²) in [5, 5.41) is 17.2. The number of aliphatic imine (C=N–C) groups is 1. The molecule has 0 aliphatic carbocycles. The molecule has 0 aliphatic rings. The molecule has 1 atom stereocenters. The van der Waals surface area contributed by atoms with Gasteiger partial charge in [-0.15, -0.1) is 0 Å². The zero-order valence-corrected chi connectivity index (χ0v) is 6.85. The van der Waals surface area contributed by atoms with E-state index in [2.05, 4.69) is 10.4 Å². The molecule has 7 N–H and O–H groups in total. The normalized spacial score (nSPS) is 13.3. The van der Waals surface area contributed by atoms with Crippen LogP contribution in [0.25, 0.3) is 0 Å². The molecule has 0 unspecified atom stereocenters. The maximum Gasteiger partial charge on any atom is 0.469 e. The van der Waals surface area contributed by atoms with Crippen molar-refractivity contribution in [1.29, 1.82) is 0 Å². The van der Waals surface area contributed by atoms with Crippen LogP contribution in [0.15, 0.2) is 4.99 Å². The lowest BCUT2D eigenvalue weighted by molar-refractivity contribution is 0.381. The molecule has 0 heterocycles. The van der Waals surface area contributed by atoms with Gasteiger partial charge in [-0.25, -0.2) is 5.84 Å². The van der Waals surface area contributed by atoms with Crippen molar-refractivity contribution >= 4 is 13.5 Å². The first-order chi connectivity index (χ1) is 5.68. The highest BCUT2D eigenvalue weighted by Gasteiger charge is 2.17. The van der Waals surface area contributed by atoms with Gasteiger partial charge in [-0.3, -0.25) is 4.99 Å². The van der Waals surface area contributed by atoms with Gasteiger partial charge in [-0.1, -0.05) is 0 Å². The van der Waals surface area contributed by atoms with Crippen molar-refractivity contribution in [3.05, 3.63) is 0 Å². The predicted molar refractivity (Wildman–Crippen MR) is 48.1 cm³/mol. The Hall–Kier alpha value is -0.625. The number of rotatable bonds is 6. The van der Waals surface area contributed by atoms with Crippen molar-refractivity contribution < 1.29 is 10.0 Å². The lowest BCUT2D eigenvalue weighted by atomic mass is 9.78. The third-order valence-electron chi connectivity index (χ3n) is 1.37. The van der Waals surface area contributed by atoms with E-state index in [1.54, 1.807) is 0 Å². The zero-order chi connectivity index (χ0) is 9.40. The van der Waals surface area contributed by atoms with Crippen LogP contribution in [0, 0.1) is 0 Å². The molecule has 0 rings (SSSR count). The molecule has 0 spiro atoms. The molecule has 0 aromatic rings. The van der Waals surface area contributed by atoms with Crippen molar-refractivity contribution in [2.24, 2.45) is 16.6 Å². The Labute approximate surface area is 71.8 Å². The summed E-state index contributed by atoms with van der Waals surface area (Å²) in [5.74, 6) is 4.32. The Balaban J connectivity index is 3.25. The van der Waals surface area contributed by atoms with Crippen molar-refractivity contribution in [1.82, 2.24) is 5.43 Å². The number of hydrogen-bond acceptors (Lipinski definition) is 5. The summed E-state index contributed by atoms with van der Waals surface area (Å²) in [5.41, 5.74) is 7.60. The first-order valence-corrected chi connectivity index (χ1v) is 3.74. The molecule has 12 heavy (non-hydrogen) atoms. The zero-order valence-electron chi connectivity index (χ0n) is 6.85.